The molecular formula is C17H17F3N6O2. The summed E-state index contributed by atoms with van der Waals surface area (Å²) >= 11 is 0. The van der Waals surface area contributed by atoms with Crippen molar-refractivity contribution in [3.8, 4) is 5.88 Å². The fourth-order valence-electron chi connectivity index (χ4n) is 3.11. The van der Waals surface area contributed by atoms with Crippen LogP contribution in [0.1, 0.15) is 17.7 Å². The van der Waals surface area contributed by atoms with Crippen molar-refractivity contribution in [2.24, 2.45) is 0 Å². The molecule has 4 heterocycles. The standard InChI is InChI=1S/C17H17F3N6O2/c1-27-9-12-6-15(26-16(24-12)22-10-23-26)25-5-4-13(8-25)28-14-3-2-11(7-21-14)17(18,19)20/h2-3,6-7,10,13H,4-5,8-9H2,1H3. The second kappa shape index (κ2) is 7.23. The number of hydrogen-bond donors (Lipinski definition) is 0. The van der Waals surface area contributed by atoms with Crippen LogP contribution in [0.5, 0.6) is 5.88 Å². The molecule has 0 saturated carbocycles. The first-order chi connectivity index (χ1) is 13.4. The van der Waals surface area contributed by atoms with Crippen LogP contribution in [0.25, 0.3) is 5.78 Å². The van der Waals surface area contributed by atoms with Gasteiger partial charge in [0.2, 0.25) is 5.88 Å². The number of rotatable bonds is 5. The third-order valence-electron chi connectivity index (χ3n) is 4.40. The molecule has 0 N–H and O–H groups in total. The van der Waals surface area contributed by atoms with Gasteiger partial charge in [0.05, 0.1) is 24.4 Å². The molecule has 8 nitrogen and oxygen atoms in total. The normalized spacial score (nSPS) is 17.4. The molecule has 1 atom stereocenters. The van der Waals surface area contributed by atoms with Crippen molar-refractivity contribution < 1.29 is 22.6 Å². The van der Waals surface area contributed by atoms with E-state index >= 15 is 0 Å². The molecule has 3 aromatic heterocycles. The highest BCUT2D eigenvalue weighted by molar-refractivity contribution is 5.48. The minimum atomic E-state index is -4.42. The van der Waals surface area contributed by atoms with Crippen molar-refractivity contribution in [1.82, 2.24) is 24.6 Å². The zero-order chi connectivity index (χ0) is 19.7. The predicted molar refractivity (Wildman–Crippen MR) is 92.0 cm³/mol. The minimum Gasteiger partial charge on any atom is -0.472 e. The molecule has 1 fully saturated rings. The monoisotopic (exact) mass is 394 g/mol. The average molecular weight is 394 g/mol. The quantitative estimate of drug-likeness (QED) is 0.657. The van der Waals surface area contributed by atoms with E-state index in [1.165, 1.54) is 12.4 Å². The molecule has 1 saturated heterocycles. The maximum Gasteiger partial charge on any atom is 0.417 e. The Morgan fingerprint density at radius 3 is 2.82 bits per heavy atom. The van der Waals surface area contributed by atoms with Crippen LogP contribution in [-0.2, 0) is 17.5 Å². The molecular weight excluding hydrogens is 377 g/mol. The lowest BCUT2D eigenvalue weighted by molar-refractivity contribution is -0.137. The fraction of sp³-hybridized carbons (Fsp3) is 0.412. The van der Waals surface area contributed by atoms with Crippen LogP contribution in [0, 0.1) is 0 Å². The lowest BCUT2D eigenvalue weighted by Crippen LogP contribution is -2.27. The van der Waals surface area contributed by atoms with Crippen molar-refractivity contribution in [2.45, 2.75) is 25.3 Å². The number of anilines is 1. The van der Waals surface area contributed by atoms with Crippen molar-refractivity contribution in [2.75, 3.05) is 25.1 Å². The fourth-order valence-corrected chi connectivity index (χ4v) is 3.11. The average Bonchev–Trinajstić information content (AvgIpc) is 3.30. The van der Waals surface area contributed by atoms with E-state index in [0.717, 1.165) is 23.8 Å². The van der Waals surface area contributed by atoms with Crippen molar-refractivity contribution in [3.63, 3.8) is 0 Å². The molecule has 1 aliphatic heterocycles. The van der Waals surface area contributed by atoms with Gasteiger partial charge in [-0.15, -0.1) is 0 Å². The minimum absolute atomic E-state index is 0.167. The zero-order valence-electron chi connectivity index (χ0n) is 14.9. The Labute approximate surface area is 157 Å². The lowest BCUT2D eigenvalue weighted by atomic mass is 10.3. The van der Waals surface area contributed by atoms with E-state index in [1.54, 1.807) is 11.6 Å². The molecule has 1 unspecified atom stereocenters. The summed E-state index contributed by atoms with van der Waals surface area (Å²) in [5, 5.41) is 4.21. The van der Waals surface area contributed by atoms with Gasteiger partial charge in [0, 0.05) is 38.4 Å². The number of halogens is 3. The summed E-state index contributed by atoms with van der Waals surface area (Å²) in [6, 6.07) is 4.09. The van der Waals surface area contributed by atoms with E-state index in [0.29, 0.717) is 31.9 Å². The first-order valence-corrected chi connectivity index (χ1v) is 8.57. The van der Waals surface area contributed by atoms with Gasteiger partial charge in [-0.2, -0.15) is 27.8 Å². The predicted octanol–water partition coefficient (Wildman–Crippen LogP) is 2.34. The molecule has 11 heteroatoms. The Morgan fingerprint density at radius 1 is 1.25 bits per heavy atom. The maximum atomic E-state index is 12.6. The summed E-state index contributed by atoms with van der Waals surface area (Å²) in [4.78, 5) is 14.3. The maximum absolute atomic E-state index is 12.6. The van der Waals surface area contributed by atoms with Crippen molar-refractivity contribution in [1.29, 1.82) is 0 Å². The highest BCUT2D eigenvalue weighted by atomic mass is 19.4. The molecule has 1 aliphatic rings. The summed E-state index contributed by atoms with van der Waals surface area (Å²) in [5.41, 5.74) is -0.0734. The summed E-state index contributed by atoms with van der Waals surface area (Å²) in [7, 11) is 1.59. The van der Waals surface area contributed by atoms with Crippen molar-refractivity contribution in [3.05, 3.63) is 42.0 Å². The second-order valence-corrected chi connectivity index (χ2v) is 6.37. The molecule has 0 bridgehead atoms. The number of nitrogens with zero attached hydrogens (tertiary/aromatic N) is 6. The van der Waals surface area contributed by atoms with Gasteiger partial charge in [-0.1, -0.05) is 0 Å². The highest BCUT2D eigenvalue weighted by Crippen LogP contribution is 2.30. The van der Waals surface area contributed by atoms with Gasteiger partial charge < -0.3 is 14.4 Å². The molecule has 28 heavy (non-hydrogen) atoms. The Hall–Kier alpha value is -2.95. The van der Waals surface area contributed by atoms with Crippen LogP contribution in [0.3, 0.4) is 0 Å². The summed E-state index contributed by atoms with van der Waals surface area (Å²) < 4.78 is 50.5. The molecule has 0 radical (unpaired) electrons. The topological polar surface area (TPSA) is 77.7 Å². The third kappa shape index (κ3) is 3.70. The highest BCUT2D eigenvalue weighted by Gasteiger charge is 2.31. The number of methoxy groups -OCH3 is 1. The second-order valence-electron chi connectivity index (χ2n) is 6.37. The smallest absolute Gasteiger partial charge is 0.417 e. The number of alkyl halides is 3. The molecule has 3 aromatic rings. The molecule has 0 aromatic carbocycles. The summed E-state index contributed by atoms with van der Waals surface area (Å²) in [6.45, 7) is 1.57. The first kappa shape index (κ1) is 18.4. The van der Waals surface area contributed by atoms with Gasteiger partial charge in [-0.05, 0) is 6.07 Å². The van der Waals surface area contributed by atoms with Crippen LogP contribution in [0.2, 0.25) is 0 Å². The molecule has 148 valence electrons. The molecule has 0 aliphatic carbocycles. The van der Waals surface area contributed by atoms with Crippen LogP contribution < -0.4 is 9.64 Å². The summed E-state index contributed by atoms with van der Waals surface area (Å²) in [6.07, 6.45) is -1.72. The van der Waals surface area contributed by atoms with Gasteiger partial charge in [0.25, 0.3) is 5.78 Å². The van der Waals surface area contributed by atoms with Gasteiger partial charge >= 0.3 is 6.18 Å². The Balaban J connectivity index is 1.48. The SMILES string of the molecule is COCc1cc(N2CCC(Oc3ccc(C(F)(F)F)cn3)C2)n2ncnc2n1. The van der Waals surface area contributed by atoms with E-state index in [1.807, 2.05) is 6.07 Å². The Kier molecular flexibility index (Phi) is 4.75. The van der Waals surface area contributed by atoms with Crippen LogP contribution in [-0.4, -0.2) is 50.9 Å². The van der Waals surface area contributed by atoms with Gasteiger partial charge in [-0.25, -0.2) is 9.97 Å². The molecule has 0 spiro atoms. The van der Waals surface area contributed by atoms with Gasteiger partial charge in [-0.3, -0.25) is 0 Å². The zero-order valence-corrected chi connectivity index (χ0v) is 14.9. The van der Waals surface area contributed by atoms with Gasteiger partial charge in [0.15, 0.2) is 0 Å². The lowest BCUT2D eigenvalue weighted by Gasteiger charge is -2.20. The Morgan fingerprint density at radius 2 is 2.11 bits per heavy atom. The van der Waals surface area contributed by atoms with E-state index in [4.69, 9.17) is 9.47 Å². The number of fused-ring (bicyclic) bond motifs is 1. The largest absolute Gasteiger partial charge is 0.472 e. The van der Waals surface area contributed by atoms with Gasteiger partial charge in [0.1, 0.15) is 18.2 Å². The van der Waals surface area contributed by atoms with Crippen LogP contribution >= 0.6 is 0 Å². The first-order valence-electron chi connectivity index (χ1n) is 8.57. The van der Waals surface area contributed by atoms with Crippen LogP contribution in [0.4, 0.5) is 19.0 Å². The van der Waals surface area contributed by atoms with Crippen LogP contribution in [0.15, 0.2) is 30.7 Å². The van der Waals surface area contributed by atoms with E-state index in [-0.39, 0.29) is 12.0 Å². The number of aromatic nitrogens is 5. The number of ether oxygens (including phenoxy) is 2. The summed E-state index contributed by atoms with van der Waals surface area (Å²) in [5.74, 6) is 1.44. The van der Waals surface area contributed by atoms with E-state index in [9.17, 15) is 13.2 Å². The number of pyridine rings is 1. The number of hydrogen-bond acceptors (Lipinski definition) is 7. The molecule has 4 rings (SSSR count). The van der Waals surface area contributed by atoms with Crippen molar-refractivity contribution >= 4 is 11.6 Å². The van der Waals surface area contributed by atoms with E-state index < -0.39 is 11.7 Å². The Bertz CT molecular complexity index is 960. The van der Waals surface area contributed by atoms with E-state index in [2.05, 4.69) is 25.0 Å². The molecule has 0 amide bonds. The third-order valence-corrected chi connectivity index (χ3v) is 4.40.